The lowest BCUT2D eigenvalue weighted by Gasteiger charge is -2.10. The molecule has 0 spiro atoms. The van der Waals surface area contributed by atoms with Gasteiger partial charge < -0.3 is 10.6 Å². The molecular weight excluding hydrogens is 337 g/mol. The fourth-order valence-corrected chi connectivity index (χ4v) is 1.93. The SMILES string of the molecule is CC(=O)Nc1ccnc(NC(=O)NCc2ccc(C(F)(F)F)cc2)c1. The summed E-state index contributed by atoms with van der Waals surface area (Å²) in [5.41, 5.74) is 0.239. The van der Waals surface area contributed by atoms with Crippen LogP contribution >= 0.6 is 0 Å². The molecule has 9 heteroatoms. The number of carbonyl (C=O) groups is 2. The molecule has 132 valence electrons. The third kappa shape index (κ3) is 5.79. The van der Waals surface area contributed by atoms with E-state index in [1.54, 1.807) is 6.07 Å². The number of urea groups is 1. The van der Waals surface area contributed by atoms with Crippen molar-refractivity contribution in [2.24, 2.45) is 0 Å². The second kappa shape index (κ2) is 7.65. The Kier molecular flexibility index (Phi) is 5.58. The van der Waals surface area contributed by atoms with Crippen molar-refractivity contribution in [3.63, 3.8) is 0 Å². The number of nitrogens with zero attached hydrogens (tertiary/aromatic N) is 1. The molecule has 0 aliphatic heterocycles. The summed E-state index contributed by atoms with van der Waals surface area (Å²) in [6.45, 7) is 1.40. The molecule has 1 aromatic heterocycles. The van der Waals surface area contributed by atoms with E-state index in [1.165, 1.54) is 31.3 Å². The molecule has 0 aliphatic carbocycles. The molecule has 0 saturated heterocycles. The highest BCUT2D eigenvalue weighted by atomic mass is 19.4. The highest BCUT2D eigenvalue weighted by molar-refractivity contribution is 5.91. The number of alkyl halides is 3. The Labute approximate surface area is 141 Å². The van der Waals surface area contributed by atoms with Gasteiger partial charge in [0, 0.05) is 31.4 Å². The fourth-order valence-electron chi connectivity index (χ4n) is 1.93. The van der Waals surface area contributed by atoms with Crippen LogP contribution in [0.1, 0.15) is 18.1 Å². The molecule has 1 aromatic carbocycles. The van der Waals surface area contributed by atoms with E-state index in [-0.39, 0.29) is 18.3 Å². The van der Waals surface area contributed by atoms with Gasteiger partial charge in [0.25, 0.3) is 0 Å². The first kappa shape index (κ1) is 18.2. The lowest BCUT2D eigenvalue weighted by Crippen LogP contribution is -2.28. The number of carbonyl (C=O) groups excluding carboxylic acids is 2. The van der Waals surface area contributed by atoms with Gasteiger partial charge in [-0.05, 0) is 23.8 Å². The van der Waals surface area contributed by atoms with Gasteiger partial charge in [-0.1, -0.05) is 12.1 Å². The monoisotopic (exact) mass is 352 g/mol. The van der Waals surface area contributed by atoms with Gasteiger partial charge in [-0.15, -0.1) is 0 Å². The van der Waals surface area contributed by atoms with Crippen LogP contribution in [-0.2, 0) is 17.5 Å². The van der Waals surface area contributed by atoms with E-state index in [1.807, 2.05) is 0 Å². The van der Waals surface area contributed by atoms with Crippen molar-refractivity contribution in [1.29, 1.82) is 0 Å². The van der Waals surface area contributed by atoms with E-state index in [2.05, 4.69) is 20.9 Å². The van der Waals surface area contributed by atoms with Crippen LogP contribution in [0.15, 0.2) is 42.6 Å². The molecule has 0 atom stereocenters. The van der Waals surface area contributed by atoms with E-state index >= 15 is 0 Å². The van der Waals surface area contributed by atoms with Gasteiger partial charge in [0.15, 0.2) is 0 Å². The smallest absolute Gasteiger partial charge is 0.334 e. The number of pyridine rings is 1. The zero-order valence-corrected chi connectivity index (χ0v) is 13.1. The number of benzene rings is 1. The van der Waals surface area contributed by atoms with Crippen LogP contribution < -0.4 is 16.0 Å². The number of hydrogen-bond acceptors (Lipinski definition) is 3. The molecule has 0 aliphatic rings. The van der Waals surface area contributed by atoms with Gasteiger partial charge in [0.1, 0.15) is 5.82 Å². The van der Waals surface area contributed by atoms with Crippen molar-refractivity contribution in [2.45, 2.75) is 19.6 Å². The Morgan fingerprint density at radius 2 is 1.76 bits per heavy atom. The Morgan fingerprint density at radius 1 is 1.08 bits per heavy atom. The van der Waals surface area contributed by atoms with E-state index in [0.29, 0.717) is 11.3 Å². The summed E-state index contributed by atoms with van der Waals surface area (Å²) in [7, 11) is 0. The van der Waals surface area contributed by atoms with Gasteiger partial charge in [-0.3, -0.25) is 10.1 Å². The Bertz CT molecular complexity index is 761. The van der Waals surface area contributed by atoms with Crippen LogP contribution in [-0.4, -0.2) is 16.9 Å². The predicted octanol–water partition coefficient (Wildman–Crippen LogP) is 3.38. The average molecular weight is 352 g/mol. The lowest BCUT2D eigenvalue weighted by molar-refractivity contribution is -0.137. The second-order valence-electron chi connectivity index (χ2n) is 5.11. The molecule has 0 unspecified atom stereocenters. The molecule has 1 heterocycles. The molecule has 25 heavy (non-hydrogen) atoms. The molecule has 3 N–H and O–H groups in total. The number of rotatable bonds is 4. The number of nitrogens with one attached hydrogen (secondary N) is 3. The van der Waals surface area contributed by atoms with Gasteiger partial charge in [0.2, 0.25) is 5.91 Å². The topological polar surface area (TPSA) is 83.1 Å². The van der Waals surface area contributed by atoms with Gasteiger partial charge in [-0.2, -0.15) is 13.2 Å². The number of hydrogen-bond donors (Lipinski definition) is 3. The highest BCUT2D eigenvalue weighted by Crippen LogP contribution is 2.29. The molecule has 6 nitrogen and oxygen atoms in total. The quantitative estimate of drug-likeness (QED) is 0.789. The summed E-state index contributed by atoms with van der Waals surface area (Å²) in [4.78, 5) is 26.7. The average Bonchev–Trinajstić information content (AvgIpc) is 2.52. The summed E-state index contributed by atoms with van der Waals surface area (Å²) >= 11 is 0. The number of halogens is 3. The van der Waals surface area contributed by atoms with Crippen molar-refractivity contribution < 1.29 is 22.8 Å². The third-order valence-electron chi connectivity index (χ3n) is 3.06. The Morgan fingerprint density at radius 3 is 2.36 bits per heavy atom. The molecule has 0 radical (unpaired) electrons. The molecule has 2 rings (SSSR count). The van der Waals surface area contributed by atoms with Crippen molar-refractivity contribution in [1.82, 2.24) is 10.3 Å². The molecule has 0 saturated carbocycles. The summed E-state index contributed by atoms with van der Waals surface area (Å²) in [5, 5.41) is 7.53. The summed E-state index contributed by atoms with van der Waals surface area (Å²) in [6.07, 6.45) is -2.98. The zero-order chi connectivity index (χ0) is 18.4. The first-order chi connectivity index (χ1) is 11.7. The first-order valence-corrected chi connectivity index (χ1v) is 7.18. The van der Waals surface area contributed by atoms with Crippen LogP contribution in [0.4, 0.5) is 29.5 Å². The minimum absolute atomic E-state index is 0.0509. The maximum atomic E-state index is 12.5. The molecule has 0 bridgehead atoms. The molecule has 0 fully saturated rings. The highest BCUT2D eigenvalue weighted by Gasteiger charge is 2.29. The summed E-state index contributed by atoms with van der Waals surface area (Å²) in [6, 6.07) is 6.94. The van der Waals surface area contributed by atoms with Crippen molar-refractivity contribution >= 4 is 23.4 Å². The van der Waals surface area contributed by atoms with Gasteiger partial charge in [-0.25, -0.2) is 9.78 Å². The minimum atomic E-state index is -4.39. The summed E-state index contributed by atoms with van der Waals surface area (Å²) < 4.78 is 37.4. The van der Waals surface area contributed by atoms with Gasteiger partial charge in [0.05, 0.1) is 5.56 Å². The molecular formula is C16H15F3N4O2. The predicted molar refractivity (Wildman–Crippen MR) is 85.8 cm³/mol. The third-order valence-corrected chi connectivity index (χ3v) is 3.06. The maximum Gasteiger partial charge on any atom is 0.416 e. The Hall–Kier alpha value is -3.10. The van der Waals surface area contributed by atoms with Crippen LogP contribution in [0.2, 0.25) is 0 Å². The van der Waals surface area contributed by atoms with E-state index in [4.69, 9.17) is 0 Å². The van der Waals surface area contributed by atoms with Crippen LogP contribution in [0.25, 0.3) is 0 Å². The van der Waals surface area contributed by atoms with Crippen molar-refractivity contribution in [2.75, 3.05) is 10.6 Å². The van der Waals surface area contributed by atoms with Crippen molar-refractivity contribution in [3.05, 3.63) is 53.7 Å². The standard InChI is InChI=1S/C16H15F3N4O2/c1-10(24)22-13-6-7-20-14(8-13)23-15(25)21-9-11-2-4-12(5-3-11)16(17,18)19/h2-8H,9H2,1H3,(H3,20,21,22,23,24,25). The van der Waals surface area contributed by atoms with Crippen LogP contribution in [0.3, 0.4) is 0 Å². The molecule has 3 amide bonds. The number of amides is 3. The zero-order valence-electron chi connectivity index (χ0n) is 13.1. The van der Waals surface area contributed by atoms with E-state index in [9.17, 15) is 22.8 Å². The Balaban J connectivity index is 1.89. The summed E-state index contributed by atoms with van der Waals surface area (Å²) in [5.74, 6) is -0.0416. The van der Waals surface area contributed by atoms with Crippen molar-refractivity contribution in [3.8, 4) is 0 Å². The molecule has 2 aromatic rings. The minimum Gasteiger partial charge on any atom is -0.334 e. The largest absolute Gasteiger partial charge is 0.416 e. The normalized spacial score (nSPS) is 10.9. The fraction of sp³-hybridized carbons (Fsp3) is 0.188. The lowest BCUT2D eigenvalue weighted by atomic mass is 10.1. The van der Waals surface area contributed by atoms with E-state index < -0.39 is 17.8 Å². The number of aromatic nitrogens is 1. The first-order valence-electron chi connectivity index (χ1n) is 7.18. The number of anilines is 2. The maximum absolute atomic E-state index is 12.5. The second-order valence-corrected chi connectivity index (χ2v) is 5.11. The van der Waals surface area contributed by atoms with Crippen LogP contribution in [0.5, 0.6) is 0 Å². The van der Waals surface area contributed by atoms with Gasteiger partial charge >= 0.3 is 12.2 Å². The van der Waals surface area contributed by atoms with Crippen LogP contribution in [0, 0.1) is 0 Å². The van der Waals surface area contributed by atoms with E-state index in [0.717, 1.165) is 12.1 Å².